The Labute approximate surface area is 137 Å². The van der Waals surface area contributed by atoms with Crippen LogP contribution in [0.4, 0.5) is 4.79 Å². The number of nitrogens with zero attached hydrogens (tertiary/aromatic N) is 1. The molecule has 8 nitrogen and oxygen atoms in total. The Morgan fingerprint density at radius 3 is 2.00 bits per heavy atom. The van der Waals surface area contributed by atoms with Gasteiger partial charge in [-0.05, 0) is 33.6 Å². The molecule has 0 aromatic heterocycles. The van der Waals surface area contributed by atoms with Gasteiger partial charge in [-0.1, -0.05) is 0 Å². The van der Waals surface area contributed by atoms with Crippen molar-refractivity contribution in [1.82, 2.24) is 21.3 Å². The van der Waals surface area contributed by atoms with E-state index in [9.17, 15) is 9.59 Å². The molecule has 8 heteroatoms. The van der Waals surface area contributed by atoms with Gasteiger partial charge in [-0.3, -0.25) is 9.79 Å². The number of aliphatic imine (C=N–C) groups is 1. The zero-order valence-electron chi connectivity index (χ0n) is 14.5. The van der Waals surface area contributed by atoms with Crippen LogP contribution in [0.3, 0.4) is 0 Å². The van der Waals surface area contributed by atoms with Crippen molar-refractivity contribution in [2.45, 2.75) is 39.2 Å². The van der Waals surface area contributed by atoms with Crippen molar-refractivity contribution in [3.05, 3.63) is 0 Å². The molecule has 0 atom stereocenters. The lowest BCUT2D eigenvalue weighted by molar-refractivity contribution is -0.122. The predicted octanol–water partition coefficient (Wildman–Crippen LogP) is 0.202. The summed E-state index contributed by atoms with van der Waals surface area (Å²) in [5.74, 6) is 0.985. The minimum Gasteiger partial charge on any atom is -0.444 e. The first-order valence-corrected chi connectivity index (χ1v) is 8.01. The first kappa shape index (κ1) is 19.1. The summed E-state index contributed by atoms with van der Waals surface area (Å²) >= 11 is 0. The zero-order chi connectivity index (χ0) is 17.3. The van der Waals surface area contributed by atoms with E-state index in [2.05, 4.69) is 26.3 Å². The molecule has 132 valence electrons. The molecule has 0 unspecified atom stereocenters. The molecule has 2 amide bonds. The summed E-state index contributed by atoms with van der Waals surface area (Å²) in [4.78, 5) is 27.0. The van der Waals surface area contributed by atoms with E-state index in [0.29, 0.717) is 32.1 Å². The monoisotopic (exact) mass is 327 g/mol. The molecule has 1 saturated carbocycles. The maximum atomic E-state index is 11.5. The molecule has 4 N–H and O–H groups in total. The molecule has 0 aromatic rings. The summed E-state index contributed by atoms with van der Waals surface area (Å²) in [6.07, 6.45) is 1.57. The van der Waals surface area contributed by atoms with Crippen LogP contribution in [0.2, 0.25) is 0 Å². The zero-order valence-corrected chi connectivity index (χ0v) is 14.5. The van der Waals surface area contributed by atoms with Gasteiger partial charge in [-0.2, -0.15) is 0 Å². The number of carbonyl (C=O) groups is 2. The van der Waals surface area contributed by atoms with Crippen LogP contribution in [0.25, 0.3) is 0 Å². The van der Waals surface area contributed by atoms with Crippen LogP contribution in [0.5, 0.6) is 0 Å². The van der Waals surface area contributed by atoms with Crippen molar-refractivity contribution in [2.75, 3.05) is 33.2 Å². The van der Waals surface area contributed by atoms with Gasteiger partial charge in [-0.25, -0.2) is 4.79 Å². The number of carbonyl (C=O) groups excluding carboxylic acids is 2. The third kappa shape index (κ3) is 9.59. The second-order valence-corrected chi connectivity index (χ2v) is 6.42. The van der Waals surface area contributed by atoms with Gasteiger partial charge in [0.15, 0.2) is 5.96 Å². The number of amides is 2. The van der Waals surface area contributed by atoms with E-state index >= 15 is 0 Å². The van der Waals surface area contributed by atoms with E-state index in [1.54, 1.807) is 7.05 Å². The first-order valence-electron chi connectivity index (χ1n) is 8.01. The largest absolute Gasteiger partial charge is 0.444 e. The average molecular weight is 327 g/mol. The SMILES string of the molecule is CN=C(NCCNC(=O)OC(C)(C)C)NCCNC(=O)C1CC1. The van der Waals surface area contributed by atoms with Crippen LogP contribution in [-0.4, -0.2) is 56.8 Å². The molecule has 1 fully saturated rings. The summed E-state index contributed by atoms with van der Waals surface area (Å²) in [7, 11) is 1.67. The number of rotatable bonds is 7. The molecule has 0 heterocycles. The summed E-state index contributed by atoms with van der Waals surface area (Å²) < 4.78 is 5.13. The highest BCUT2D eigenvalue weighted by atomic mass is 16.6. The predicted molar refractivity (Wildman–Crippen MR) is 89.3 cm³/mol. The van der Waals surface area contributed by atoms with Crippen molar-refractivity contribution in [1.29, 1.82) is 0 Å². The average Bonchev–Trinajstić information content (AvgIpc) is 3.28. The van der Waals surface area contributed by atoms with Crippen LogP contribution < -0.4 is 21.3 Å². The highest BCUT2D eigenvalue weighted by Gasteiger charge is 2.28. The highest BCUT2D eigenvalue weighted by Crippen LogP contribution is 2.28. The second-order valence-electron chi connectivity index (χ2n) is 6.42. The van der Waals surface area contributed by atoms with Gasteiger partial charge in [0, 0.05) is 39.1 Å². The Morgan fingerprint density at radius 1 is 1.00 bits per heavy atom. The van der Waals surface area contributed by atoms with Gasteiger partial charge in [0.1, 0.15) is 5.60 Å². The van der Waals surface area contributed by atoms with E-state index in [4.69, 9.17) is 4.74 Å². The van der Waals surface area contributed by atoms with Crippen LogP contribution in [0.15, 0.2) is 4.99 Å². The number of nitrogens with one attached hydrogen (secondary N) is 4. The summed E-state index contributed by atoms with van der Waals surface area (Å²) in [6, 6.07) is 0. The van der Waals surface area contributed by atoms with E-state index < -0.39 is 11.7 Å². The van der Waals surface area contributed by atoms with Gasteiger partial charge in [0.2, 0.25) is 5.91 Å². The van der Waals surface area contributed by atoms with Crippen LogP contribution >= 0.6 is 0 Å². The molecule has 0 bridgehead atoms. The van der Waals surface area contributed by atoms with E-state index in [1.165, 1.54) is 0 Å². The minimum absolute atomic E-state index is 0.135. The Kier molecular flexibility index (Phi) is 7.64. The van der Waals surface area contributed by atoms with Crippen molar-refractivity contribution in [3.8, 4) is 0 Å². The summed E-state index contributed by atoms with van der Waals surface area (Å²) in [5, 5.41) is 11.7. The van der Waals surface area contributed by atoms with Crippen LogP contribution in [0, 0.1) is 5.92 Å². The Morgan fingerprint density at radius 2 is 1.52 bits per heavy atom. The number of hydrogen-bond acceptors (Lipinski definition) is 4. The lowest BCUT2D eigenvalue weighted by Gasteiger charge is -2.19. The smallest absolute Gasteiger partial charge is 0.407 e. The van der Waals surface area contributed by atoms with E-state index in [1.807, 2.05) is 20.8 Å². The third-order valence-electron chi connectivity index (χ3n) is 2.97. The molecule has 0 spiro atoms. The van der Waals surface area contributed by atoms with Crippen molar-refractivity contribution in [3.63, 3.8) is 0 Å². The lowest BCUT2D eigenvalue weighted by Crippen LogP contribution is -2.44. The quantitative estimate of drug-likeness (QED) is 0.304. The van der Waals surface area contributed by atoms with Crippen LogP contribution in [-0.2, 0) is 9.53 Å². The van der Waals surface area contributed by atoms with Gasteiger partial charge in [0.05, 0.1) is 0 Å². The molecule has 0 aromatic carbocycles. The normalized spacial score (nSPS) is 14.9. The fourth-order valence-electron chi connectivity index (χ4n) is 1.74. The van der Waals surface area contributed by atoms with Crippen molar-refractivity contribution in [2.24, 2.45) is 10.9 Å². The molecule has 1 rings (SSSR count). The van der Waals surface area contributed by atoms with Crippen LogP contribution in [0.1, 0.15) is 33.6 Å². The van der Waals surface area contributed by atoms with Gasteiger partial charge >= 0.3 is 6.09 Å². The van der Waals surface area contributed by atoms with Gasteiger partial charge < -0.3 is 26.0 Å². The fourth-order valence-corrected chi connectivity index (χ4v) is 1.74. The van der Waals surface area contributed by atoms with Crippen molar-refractivity contribution >= 4 is 18.0 Å². The summed E-state index contributed by atoms with van der Waals surface area (Å²) in [6.45, 7) is 7.56. The molecule has 0 saturated heterocycles. The maximum absolute atomic E-state index is 11.5. The van der Waals surface area contributed by atoms with E-state index in [0.717, 1.165) is 12.8 Å². The van der Waals surface area contributed by atoms with E-state index in [-0.39, 0.29) is 11.8 Å². The molecular formula is C15H29N5O3. The molecular weight excluding hydrogens is 298 g/mol. The number of alkyl carbamates (subject to hydrolysis) is 1. The van der Waals surface area contributed by atoms with Gasteiger partial charge in [-0.15, -0.1) is 0 Å². The molecule has 1 aliphatic carbocycles. The standard InChI is InChI=1S/C15H29N5O3/c1-15(2,3)23-14(22)20-10-9-19-13(16-4)18-8-7-17-12(21)11-5-6-11/h11H,5-10H2,1-4H3,(H,17,21)(H,20,22)(H2,16,18,19). The first-order chi connectivity index (χ1) is 10.8. The summed E-state index contributed by atoms with van der Waals surface area (Å²) in [5.41, 5.74) is -0.500. The Bertz CT molecular complexity index is 427. The van der Waals surface area contributed by atoms with Gasteiger partial charge in [0.25, 0.3) is 0 Å². The maximum Gasteiger partial charge on any atom is 0.407 e. The molecule has 0 aliphatic heterocycles. The minimum atomic E-state index is -0.500. The topological polar surface area (TPSA) is 104 Å². The molecule has 0 radical (unpaired) electrons. The van der Waals surface area contributed by atoms with Crippen molar-refractivity contribution < 1.29 is 14.3 Å². The second kappa shape index (κ2) is 9.22. The number of ether oxygens (including phenoxy) is 1. The Hall–Kier alpha value is -1.99. The lowest BCUT2D eigenvalue weighted by atomic mass is 10.2. The molecule has 23 heavy (non-hydrogen) atoms. The Balaban J connectivity index is 2.04. The number of hydrogen-bond donors (Lipinski definition) is 4. The third-order valence-corrected chi connectivity index (χ3v) is 2.97. The molecule has 1 aliphatic rings. The number of guanidine groups is 1. The highest BCUT2D eigenvalue weighted by molar-refractivity contribution is 5.81. The fraction of sp³-hybridized carbons (Fsp3) is 0.800.